The number of halogens is 3. The predicted octanol–water partition coefficient (Wildman–Crippen LogP) is 4.13. The maximum atomic E-state index is 11.4. The molecule has 0 amide bonds. The van der Waals surface area contributed by atoms with E-state index in [1.807, 2.05) is 19.6 Å². The van der Waals surface area contributed by atoms with E-state index in [1.165, 1.54) is 12.1 Å². The Labute approximate surface area is 116 Å². The molecule has 3 nitrogen and oxygen atoms in total. The quantitative estimate of drug-likeness (QED) is 0.617. The smallest absolute Gasteiger partial charge is 0.266 e. The van der Waals surface area contributed by atoms with Gasteiger partial charge in [-0.1, -0.05) is 23.2 Å². The Bertz CT molecular complexity index is 537. The van der Waals surface area contributed by atoms with Crippen LogP contribution in [0.1, 0.15) is 0 Å². The molecule has 0 atom stereocenters. The third kappa shape index (κ3) is 4.33. The minimum atomic E-state index is -3.97. The van der Waals surface area contributed by atoms with Gasteiger partial charge in [0.2, 0.25) is 8.32 Å². The predicted molar refractivity (Wildman–Crippen MR) is 73.5 cm³/mol. The molecule has 0 bridgehead atoms. The SMILES string of the molecule is C[Si](C)(C)Oc1cc(Cl)cc(Cl)c1S(=O)(=O)Cl. The third-order valence-electron chi connectivity index (χ3n) is 1.63. The van der Waals surface area contributed by atoms with Crippen LogP contribution in [-0.4, -0.2) is 16.7 Å². The van der Waals surface area contributed by atoms with E-state index in [0.717, 1.165) is 0 Å². The number of rotatable bonds is 3. The van der Waals surface area contributed by atoms with Gasteiger partial charge < -0.3 is 4.43 Å². The molecule has 0 fully saturated rings. The highest BCUT2D eigenvalue weighted by Crippen LogP contribution is 2.37. The molecule has 0 N–H and O–H groups in total. The Kier molecular flexibility index (Phi) is 4.42. The van der Waals surface area contributed by atoms with E-state index < -0.39 is 17.4 Å². The molecule has 0 aliphatic carbocycles. The van der Waals surface area contributed by atoms with Gasteiger partial charge in [-0.3, -0.25) is 0 Å². The molecule has 0 saturated carbocycles. The summed E-state index contributed by atoms with van der Waals surface area (Å²) < 4.78 is 28.5. The summed E-state index contributed by atoms with van der Waals surface area (Å²) in [6.45, 7) is 5.73. The largest absolute Gasteiger partial charge is 0.543 e. The third-order valence-corrected chi connectivity index (χ3v) is 4.47. The van der Waals surface area contributed by atoms with Crippen LogP contribution in [0.15, 0.2) is 17.0 Å². The van der Waals surface area contributed by atoms with Crippen molar-refractivity contribution in [3.63, 3.8) is 0 Å². The van der Waals surface area contributed by atoms with Gasteiger partial charge in [0, 0.05) is 15.7 Å². The van der Waals surface area contributed by atoms with Gasteiger partial charge in [-0.2, -0.15) is 0 Å². The van der Waals surface area contributed by atoms with Crippen molar-refractivity contribution in [2.45, 2.75) is 24.5 Å². The van der Waals surface area contributed by atoms with Gasteiger partial charge >= 0.3 is 0 Å². The van der Waals surface area contributed by atoms with E-state index in [2.05, 4.69) is 0 Å². The molecule has 8 heteroatoms. The van der Waals surface area contributed by atoms with Gasteiger partial charge in [0.15, 0.2) is 0 Å². The second kappa shape index (κ2) is 4.97. The van der Waals surface area contributed by atoms with Gasteiger partial charge in [0.05, 0.1) is 5.02 Å². The zero-order valence-corrected chi connectivity index (χ0v) is 13.5. The maximum absolute atomic E-state index is 11.4. The zero-order chi connectivity index (χ0) is 13.4. The monoisotopic (exact) mass is 332 g/mol. The molecule has 0 saturated heterocycles. The molecule has 0 aliphatic rings. The highest BCUT2D eigenvalue weighted by molar-refractivity contribution is 8.14. The Morgan fingerprint density at radius 2 is 1.71 bits per heavy atom. The van der Waals surface area contributed by atoms with E-state index >= 15 is 0 Å². The summed E-state index contributed by atoms with van der Waals surface area (Å²) in [5.74, 6) is 0.108. The second-order valence-electron chi connectivity index (χ2n) is 4.37. The average molecular weight is 334 g/mol. The van der Waals surface area contributed by atoms with Crippen molar-refractivity contribution in [1.29, 1.82) is 0 Å². The summed E-state index contributed by atoms with van der Waals surface area (Å²) in [6.07, 6.45) is 0. The van der Waals surface area contributed by atoms with E-state index in [4.69, 9.17) is 38.3 Å². The van der Waals surface area contributed by atoms with Gasteiger partial charge in [-0.25, -0.2) is 8.42 Å². The van der Waals surface area contributed by atoms with Crippen LogP contribution in [0.5, 0.6) is 5.75 Å². The van der Waals surface area contributed by atoms with Crippen molar-refractivity contribution < 1.29 is 12.8 Å². The summed E-state index contributed by atoms with van der Waals surface area (Å²) >= 11 is 11.6. The highest BCUT2D eigenvalue weighted by atomic mass is 35.7. The summed E-state index contributed by atoms with van der Waals surface area (Å²) in [6, 6.07) is 2.72. The summed E-state index contributed by atoms with van der Waals surface area (Å²) in [7, 11) is -0.639. The zero-order valence-electron chi connectivity index (χ0n) is 9.42. The molecule has 0 spiro atoms. The molecule has 0 heterocycles. The molecular formula is C9H11Cl3O3SSi. The lowest BCUT2D eigenvalue weighted by Crippen LogP contribution is -2.30. The van der Waals surface area contributed by atoms with Crippen LogP contribution >= 0.6 is 33.9 Å². The van der Waals surface area contributed by atoms with Crippen molar-refractivity contribution in [3.8, 4) is 5.75 Å². The Hall–Kier alpha value is 0.0569. The first-order valence-corrected chi connectivity index (χ1v) is 11.1. The minimum Gasteiger partial charge on any atom is -0.543 e. The molecule has 0 aliphatic heterocycles. The van der Waals surface area contributed by atoms with Crippen LogP contribution in [0.4, 0.5) is 0 Å². The van der Waals surface area contributed by atoms with Crippen molar-refractivity contribution >= 4 is 51.3 Å². The van der Waals surface area contributed by atoms with Crippen molar-refractivity contribution in [2.24, 2.45) is 0 Å². The van der Waals surface area contributed by atoms with Gasteiger partial charge in [-0.15, -0.1) is 0 Å². The van der Waals surface area contributed by atoms with Crippen LogP contribution < -0.4 is 4.43 Å². The van der Waals surface area contributed by atoms with Crippen LogP contribution in [0.2, 0.25) is 29.7 Å². The van der Waals surface area contributed by atoms with Crippen molar-refractivity contribution in [1.82, 2.24) is 0 Å². The minimum absolute atomic E-state index is 0.0410. The van der Waals surface area contributed by atoms with Crippen LogP contribution in [0, 0.1) is 0 Å². The van der Waals surface area contributed by atoms with E-state index in [1.54, 1.807) is 0 Å². The fourth-order valence-electron chi connectivity index (χ4n) is 1.18. The Morgan fingerprint density at radius 3 is 2.12 bits per heavy atom. The molecule has 0 radical (unpaired) electrons. The molecule has 1 aromatic carbocycles. The first-order valence-electron chi connectivity index (χ1n) is 4.63. The fourth-order valence-corrected chi connectivity index (χ4v) is 4.08. The van der Waals surface area contributed by atoms with E-state index in [0.29, 0.717) is 5.02 Å². The maximum Gasteiger partial charge on any atom is 0.266 e. The number of hydrogen-bond donors (Lipinski definition) is 0. The lowest BCUT2D eigenvalue weighted by Gasteiger charge is -2.21. The van der Waals surface area contributed by atoms with Crippen LogP contribution in [0.3, 0.4) is 0 Å². The summed E-state index contributed by atoms with van der Waals surface area (Å²) in [5, 5.41) is 0.257. The van der Waals surface area contributed by atoms with E-state index in [9.17, 15) is 8.42 Å². The molecule has 1 rings (SSSR count). The molecule has 17 heavy (non-hydrogen) atoms. The molecule has 96 valence electrons. The number of hydrogen-bond acceptors (Lipinski definition) is 3. The standard InChI is InChI=1S/C9H11Cl3O3SSi/c1-17(2,3)15-8-5-6(10)4-7(11)9(8)16(12,13)14/h4-5H,1-3H3. The van der Waals surface area contributed by atoms with E-state index in [-0.39, 0.29) is 15.7 Å². The first-order chi connectivity index (χ1) is 7.50. The first kappa shape index (κ1) is 15.1. The average Bonchev–Trinajstić information content (AvgIpc) is 1.94. The van der Waals surface area contributed by atoms with Crippen molar-refractivity contribution in [2.75, 3.05) is 0 Å². The fraction of sp³-hybridized carbons (Fsp3) is 0.333. The number of benzene rings is 1. The lowest BCUT2D eigenvalue weighted by atomic mass is 10.3. The second-order valence-corrected chi connectivity index (χ2v) is 12.1. The normalized spacial score (nSPS) is 12.6. The Morgan fingerprint density at radius 1 is 1.18 bits per heavy atom. The summed E-state index contributed by atoms with van der Waals surface area (Å²) in [5.41, 5.74) is 0. The lowest BCUT2D eigenvalue weighted by molar-refractivity contribution is 0.537. The molecule has 0 unspecified atom stereocenters. The van der Waals surface area contributed by atoms with Gasteiger partial charge in [-0.05, 0) is 31.8 Å². The topological polar surface area (TPSA) is 43.4 Å². The molecule has 0 aromatic heterocycles. The Balaban J connectivity index is 3.47. The van der Waals surface area contributed by atoms with Crippen LogP contribution in [-0.2, 0) is 9.05 Å². The molecular weight excluding hydrogens is 323 g/mol. The van der Waals surface area contributed by atoms with Crippen molar-refractivity contribution in [3.05, 3.63) is 22.2 Å². The van der Waals surface area contributed by atoms with Crippen LogP contribution in [0.25, 0.3) is 0 Å². The highest BCUT2D eigenvalue weighted by Gasteiger charge is 2.26. The summed E-state index contributed by atoms with van der Waals surface area (Å²) in [4.78, 5) is -0.229. The van der Waals surface area contributed by atoms with Gasteiger partial charge in [0.1, 0.15) is 10.6 Å². The molecule has 1 aromatic rings. The van der Waals surface area contributed by atoms with Gasteiger partial charge in [0.25, 0.3) is 9.05 Å².